The Morgan fingerprint density at radius 2 is 2.00 bits per heavy atom. The molecule has 0 N–H and O–H groups in total. The molecule has 3 heteroatoms. The highest BCUT2D eigenvalue weighted by Gasteiger charge is 2.50. The first-order valence-corrected chi connectivity index (χ1v) is 9.65. The zero-order valence-electron chi connectivity index (χ0n) is 12.7. The molecule has 0 aromatic rings. The van der Waals surface area contributed by atoms with E-state index < -0.39 is 0 Å². The minimum absolute atomic E-state index is 0.0857. The van der Waals surface area contributed by atoms with Gasteiger partial charge < -0.3 is 4.74 Å². The zero-order valence-corrected chi connectivity index (χ0v) is 14.9. The van der Waals surface area contributed by atoms with Gasteiger partial charge in [-0.2, -0.15) is 0 Å². The molecule has 2 nitrogen and oxygen atoms in total. The molecule has 114 valence electrons. The van der Waals surface area contributed by atoms with Crippen molar-refractivity contribution in [3.8, 4) is 0 Å². The molecule has 5 unspecified atom stereocenters. The van der Waals surface area contributed by atoms with E-state index >= 15 is 0 Å². The van der Waals surface area contributed by atoms with Gasteiger partial charge in [-0.15, -0.1) is 0 Å². The molecule has 3 aliphatic carbocycles. The smallest absolute Gasteiger partial charge is 0.306 e. The van der Waals surface area contributed by atoms with E-state index in [1.165, 1.54) is 25.7 Å². The van der Waals surface area contributed by atoms with E-state index in [-0.39, 0.29) is 11.6 Å². The van der Waals surface area contributed by atoms with Crippen LogP contribution in [0.15, 0.2) is 0 Å². The largest absolute Gasteiger partial charge is 0.459 e. The number of carbonyl (C=O) groups is 1. The average Bonchev–Trinajstić information content (AvgIpc) is 3.09. The predicted octanol–water partition coefficient (Wildman–Crippen LogP) is 4.74. The van der Waals surface area contributed by atoms with Crippen molar-refractivity contribution in [3.05, 3.63) is 0 Å². The lowest BCUT2D eigenvalue weighted by atomic mass is 9.81. The number of ether oxygens (including phenoxy) is 1. The van der Waals surface area contributed by atoms with Crippen LogP contribution < -0.4 is 0 Å². The van der Waals surface area contributed by atoms with Gasteiger partial charge in [-0.05, 0) is 68.6 Å². The van der Waals surface area contributed by atoms with E-state index in [1.54, 1.807) is 0 Å². The van der Waals surface area contributed by atoms with Crippen molar-refractivity contribution in [1.29, 1.82) is 0 Å². The van der Waals surface area contributed by atoms with Crippen molar-refractivity contribution in [2.75, 3.05) is 0 Å². The summed E-state index contributed by atoms with van der Waals surface area (Å²) in [7, 11) is 0. The predicted molar refractivity (Wildman–Crippen MR) is 88.9 cm³/mol. The topological polar surface area (TPSA) is 26.3 Å². The van der Waals surface area contributed by atoms with Gasteiger partial charge in [0.1, 0.15) is 5.60 Å². The van der Waals surface area contributed by atoms with Crippen LogP contribution >= 0.6 is 22.6 Å². The maximum atomic E-state index is 12.4. The van der Waals surface area contributed by atoms with Gasteiger partial charge in [-0.3, -0.25) is 4.79 Å². The fourth-order valence-electron chi connectivity index (χ4n) is 4.95. The van der Waals surface area contributed by atoms with E-state index in [2.05, 4.69) is 36.4 Å². The second-order valence-electron chi connectivity index (χ2n) is 7.38. The summed E-state index contributed by atoms with van der Waals surface area (Å²) >= 11 is 2.62. The summed E-state index contributed by atoms with van der Waals surface area (Å²) in [6.45, 7) is 4.56. The van der Waals surface area contributed by atoms with Crippen LogP contribution in [0.5, 0.6) is 0 Å². The molecule has 0 amide bonds. The maximum absolute atomic E-state index is 12.4. The number of esters is 1. The standard InChI is InChI=1S/C17H27IO2/c1-3-17(6-4-5-7-17)20-15(19)10-13-8-12-9-14(13)16(18)11(12)2/h11-14,16H,3-10H2,1-2H3. The molecular weight excluding hydrogens is 363 g/mol. The van der Waals surface area contributed by atoms with E-state index in [0.717, 1.165) is 40.9 Å². The number of rotatable bonds is 4. The molecule has 20 heavy (non-hydrogen) atoms. The van der Waals surface area contributed by atoms with Crippen molar-refractivity contribution in [1.82, 2.24) is 0 Å². The van der Waals surface area contributed by atoms with Crippen molar-refractivity contribution in [3.63, 3.8) is 0 Å². The third kappa shape index (κ3) is 2.64. The minimum atomic E-state index is -0.105. The molecule has 0 aliphatic heterocycles. The van der Waals surface area contributed by atoms with Gasteiger partial charge in [0.15, 0.2) is 0 Å². The lowest BCUT2D eigenvalue weighted by Crippen LogP contribution is -2.34. The SMILES string of the molecule is CCC1(OC(=O)CC2CC3CC2C(I)C3C)CCCC1. The van der Waals surface area contributed by atoms with E-state index in [9.17, 15) is 4.79 Å². The number of fused-ring (bicyclic) bond motifs is 2. The van der Waals surface area contributed by atoms with Crippen LogP contribution in [0.2, 0.25) is 0 Å². The van der Waals surface area contributed by atoms with Crippen molar-refractivity contribution in [2.24, 2.45) is 23.7 Å². The van der Waals surface area contributed by atoms with Crippen LogP contribution in [0.1, 0.15) is 65.2 Å². The fraction of sp³-hybridized carbons (Fsp3) is 0.941. The molecule has 3 fully saturated rings. The Hall–Kier alpha value is 0.200. The highest BCUT2D eigenvalue weighted by molar-refractivity contribution is 14.1. The van der Waals surface area contributed by atoms with Crippen LogP contribution in [0.3, 0.4) is 0 Å². The molecule has 0 spiro atoms. The Morgan fingerprint density at radius 1 is 1.30 bits per heavy atom. The Kier molecular flexibility index (Phi) is 4.36. The number of halogens is 1. The van der Waals surface area contributed by atoms with Crippen LogP contribution in [0.25, 0.3) is 0 Å². The summed E-state index contributed by atoms with van der Waals surface area (Å²) in [5, 5.41) is 0. The van der Waals surface area contributed by atoms with Gasteiger partial charge >= 0.3 is 5.97 Å². The Morgan fingerprint density at radius 3 is 2.55 bits per heavy atom. The summed E-state index contributed by atoms with van der Waals surface area (Å²) in [5.74, 6) is 3.17. The van der Waals surface area contributed by atoms with Crippen molar-refractivity contribution < 1.29 is 9.53 Å². The highest BCUT2D eigenvalue weighted by atomic mass is 127. The van der Waals surface area contributed by atoms with Crippen LogP contribution in [0.4, 0.5) is 0 Å². The monoisotopic (exact) mass is 390 g/mol. The summed E-state index contributed by atoms with van der Waals surface area (Å²) in [5.41, 5.74) is -0.105. The van der Waals surface area contributed by atoms with E-state index in [0.29, 0.717) is 12.3 Å². The number of hydrogen-bond donors (Lipinski definition) is 0. The maximum Gasteiger partial charge on any atom is 0.306 e. The molecule has 3 aliphatic rings. The van der Waals surface area contributed by atoms with Crippen molar-refractivity contribution >= 4 is 28.6 Å². The molecule has 3 saturated carbocycles. The Balaban J connectivity index is 1.55. The third-order valence-electron chi connectivity index (χ3n) is 6.36. The molecule has 0 aromatic heterocycles. The lowest BCUT2D eigenvalue weighted by Gasteiger charge is -2.32. The molecular formula is C17H27IO2. The molecule has 3 rings (SSSR count). The quantitative estimate of drug-likeness (QED) is 0.394. The third-order valence-corrected chi connectivity index (χ3v) is 8.42. The first kappa shape index (κ1) is 15.1. The van der Waals surface area contributed by atoms with Crippen LogP contribution in [-0.4, -0.2) is 15.5 Å². The van der Waals surface area contributed by atoms with Gasteiger partial charge in [0.25, 0.3) is 0 Å². The second kappa shape index (κ2) is 5.77. The Labute approximate surface area is 136 Å². The highest BCUT2D eigenvalue weighted by Crippen LogP contribution is 2.55. The van der Waals surface area contributed by atoms with E-state index in [4.69, 9.17) is 4.74 Å². The van der Waals surface area contributed by atoms with Gasteiger partial charge in [0.05, 0.1) is 0 Å². The summed E-state index contributed by atoms with van der Waals surface area (Å²) in [6, 6.07) is 0. The zero-order chi connectivity index (χ0) is 14.3. The number of alkyl halides is 1. The summed E-state index contributed by atoms with van der Waals surface area (Å²) in [4.78, 5) is 12.4. The van der Waals surface area contributed by atoms with Gasteiger partial charge in [0, 0.05) is 10.3 Å². The average molecular weight is 390 g/mol. The van der Waals surface area contributed by atoms with Crippen molar-refractivity contribution in [2.45, 2.75) is 74.7 Å². The molecule has 5 atom stereocenters. The Bertz CT molecular complexity index is 373. The molecule has 0 heterocycles. The molecule has 0 aromatic carbocycles. The lowest BCUT2D eigenvalue weighted by molar-refractivity contribution is -0.161. The van der Waals surface area contributed by atoms with Crippen LogP contribution in [0, 0.1) is 23.7 Å². The van der Waals surface area contributed by atoms with Gasteiger partial charge in [-0.25, -0.2) is 0 Å². The fourth-order valence-corrected chi connectivity index (χ4v) is 6.42. The van der Waals surface area contributed by atoms with Crippen LogP contribution in [-0.2, 0) is 9.53 Å². The molecule has 2 bridgehead atoms. The first-order valence-electron chi connectivity index (χ1n) is 8.40. The molecule has 0 radical (unpaired) electrons. The normalized spacial score (nSPS) is 42.0. The number of hydrogen-bond acceptors (Lipinski definition) is 2. The minimum Gasteiger partial charge on any atom is -0.459 e. The second-order valence-corrected chi connectivity index (χ2v) is 8.82. The van der Waals surface area contributed by atoms with E-state index in [1.807, 2.05) is 0 Å². The number of carbonyl (C=O) groups excluding carboxylic acids is 1. The van der Waals surface area contributed by atoms with Gasteiger partial charge in [-0.1, -0.05) is 36.4 Å². The first-order chi connectivity index (χ1) is 9.54. The summed E-state index contributed by atoms with van der Waals surface area (Å²) in [6.07, 6.45) is 8.89. The summed E-state index contributed by atoms with van der Waals surface area (Å²) < 4.78 is 6.71. The van der Waals surface area contributed by atoms with Gasteiger partial charge in [0.2, 0.25) is 0 Å². The molecule has 0 saturated heterocycles.